The van der Waals surface area contributed by atoms with Gasteiger partial charge in [0.05, 0.1) is 11.5 Å². The molecule has 0 N–H and O–H groups in total. The molecule has 0 bridgehead atoms. The van der Waals surface area contributed by atoms with Gasteiger partial charge in [0.25, 0.3) is 0 Å². The summed E-state index contributed by atoms with van der Waals surface area (Å²) in [4.78, 5) is 0. The molecule has 1 saturated carbocycles. The van der Waals surface area contributed by atoms with Gasteiger partial charge in [-0.3, -0.25) is 0 Å². The molecule has 0 amide bonds. The normalized spacial score (nSPS) is 17.6. The van der Waals surface area contributed by atoms with Gasteiger partial charge in [-0.25, -0.2) is 0 Å². The molecule has 2 heteroatoms. The van der Waals surface area contributed by atoms with E-state index in [-0.39, 0.29) is 5.41 Å². The molecule has 1 rings (SSSR count). The Labute approximate surface area is 100.0 Å². The van der Waals surface area contributed by atoms with E-state index in [9.17, 15) is 0 Å². The lowest BCUT2D eigenvalue weighted by atomic mass is 9.89. The first-order chi connectivity index (χ1) is 7.64. The van der Waals surface area contributed by atoms with Gasteiger partial charge >= 0.3 is 0 Å². The average molecular weight is 223 g/mol. The predicted molar refractivity (Wildman–Crippen MR) is 66.0 cm³/mol. The van der Waals surface area contributed by atoms with E-state index in [4.69, 9.17) is 10.00 Å². The molecule has 1 aliphatic rings. The van der Waals surface area contributed by atoms with E-state index in [1.165, 1.54) is 25.7 Å². The van der Waals surface area contributed by atoms with Crippen LogP contribution in [0.4, 0.5) is 0 Å². The molecule has 0 aromatic heterocycles. The summed E-state index contributed by atoms with van der Waals surface area (Å²) in [5.74, 6) is 0.829. The Morgan fingerprint density at radius 3 is 2.56 bits per heavy atom. The van der Waals surface area contributed by atoms with E-state index in [0.29, 0.717) is 0 Å². The molecule has 0 radical (unpaired) electrons. The average Bonchev–Trinajstić information content (AvgIpc) is 2.76. The standard InChI is InChI=1S/C14H25NO/c1-14(2,12-15)9-5-6-10-16-11-13-7-3-4-8-13/h13H,3-11H2,1-2H3. The highest BCUT2D eigenvalue weighted by molar-refractivity contribution is 4.91. The SMILES string of the molecule is CC(C)(C#N)CCCCOCC1CCCC1. The molecule has 1 fully saturated rings. The molecule has 0 heterocycles. The van der Waals surface area contributed by atoms with Crippen LogP contribution in [0.3, 0.4) is 0 Å². The van der Waals surface area contributed by atoms with Gasteiger partial charge in [0.15, 0.2) is 0 Å². The maximum Gasteiger partial charge on any atom is 0.0683 e. The monoisotopic (exact) mass is 223 g/mol. The molecule has 0 aromatic rings. The molecule has 2 nitrogen and oxygen atoms in total. The van der Waals surface area contributed by atoms with Crippen molar-refractivity contribution in [2.24, 2.45) is 11.3 Å². The van der Waals surface area contributed by atoms with Gasteiger partial charge in [-0.15, -0.1) is 0 Å². The first-order valence-corrected chi connectivity index (χ1v) is 6.63. The van der Waals surface area contributed by atoms with Crippen molar-refractivity contribution in [3.05, 3.63) is 0 Å². The topological polar surface area (TPSA) is 33.0 Å². The van der Waals surface area contributed by atoms with Crippen LogP contribution in [0.15, 0.2) is 0 Å². The van der Waals surface area contributed by atoms with Crippen LogP contribution < -0.4 is 0 Å². The quantitative estimate of drug-likeness (QED) is 0.613. The van der Waals surface area contributed by atoms with Crippen molar-refractivity contribution < 1.29 is 4.74 Å². The summed E-state index contributed by atoms with van der Waals surface area (Å²) < 4.78 is 5.68. The number of rotatable bonds is 7. The first kappa shape index (κ1) is 13.5. The van der Waals surface area contributed by atoms with E-state index in [0.717, 1.165) is 38.4 Å². The van der Waals surface area contributed by atoms with Gasteiger partial charge in [-0.05, 0) is 51.9 Å². The lowest BCUT2D eigenvalue weighted by molar-refractivity contribution is 0.0968. The fraction of sp³-hybridized carbons (Fsp3) is 0.929. The predicted octanol–water partition coefficient (Wildman–Crippen LogP) is 3.91. The Balaban J connectivity index is 1.90. The van der Waals surface area contributed by atoms with Crippen molar-refractivity contribution in [1.82, 2.24) is 0 Å². The van der Waals surface area contributed by atoms with Crippen molar-refractivity contribution in [2.45, 2.75) is 58.8 Å². The first-order valence-electron chi connectivity index (χ1n) is 6.63. The third kappa shape index (κ3) is 5.51. The molecule has 16 heavy (non-hydrogen) atoms. The Bertz CT molecular complexity index is 223. The van der Waals surface area contributed by atoms with Crippen LogP contribution in [-0.4, -0.2) is 13.2 Å². The van der Waals surface area contributed by atoms with Gasteiger partial charge in [0.1, 0.15) is 0 Å². The second-order valence-corrected chi connectivity index (χ2v) is 5.68. The van der Waals surface area contributed by atoms with Crippen molar-refractivity contribution in [3.63, 3.8) is 0 Å². The minimum atomic E-state index is -0.161. The van der Waals surface area contributed by atoms with Crippen molar-refractivity contribution in [3.8, 4) is 6.07 Å². The number of nitrogens with zero attached hydrogens (tertiary/aromatic N) is 1. The summed E-state index contributed by atoms with van der Waals surface area (Å²) in [7, 11) is 0. The van der Waals surface area contributed by atoms with Crippen molar-refractivity contribution in [2.75, 3.05) is 13.2 Å². The molecule has 0 spiro atoms. The van der Waals surface area contributed by atoms with E-state index < -0.39 is 0 Å². The molecule has 0 unspecified atom stereocenters. The van der Waals surface area contributed by atoms with Gasteiger partial charge in [0.2, 0.25) is 0 Å². The largest absolute Gasteiger partial charge is 0.381 e. The highest BCUT2D eigenvalue weighted by Crippen LogP contribution is 2.25. The second kappa shape index (κ2) is 6.91. The Kier molecular flexibility index (Phi) is 5.84. The van der Waals surface area contributed by atoms with Crippen LogP contribution in [0, 0.1) is 22.7 Å². The van der Waals surface area contributed by atoms with Crippen LogP contribution in [0.5, 0.6) is 0 Å². The van der Waals surface area contributed by atoms with E-state index in [1.807, 2.05) is 13.8 Å². The molecule has 0 aliphatic heterocycles. The zero-order chi connectivity index (χ0) is 11.9. The highest BCUT2D eigenvalue weighted by Gasteiger charge is 2.16. The lowest BCUT2D eigenvalue weighted by Crippen LogP contribution is -2.09. The van der Waals surface area contributed by atoms with Crippen molar-refractivity contribution in [1.29, 1.82) is 5.26 Å². The lowest BCUT2D eigenvalue weighted by Gasteiger charge is -2.14. The number of hydrogen-bond donors (Lipinski definition) is 0. The van der Waals surface area contributed by atoms with Crippen LogP contribution in [0.2, 0.25) is 0 Å². The van der Waals surface area contributed by atoms with Crippen LogP contribution in [0.25, 0.3) is 0 Å². The molecular weight excluding hydrogens is 198 g/mol. The molecule has 92 valence electrons. The molecule has 0 atom stereocenters. The van der Waals surface area contributed by atoms with Crippen LogP contribution in [0.1, 0.15) is 58.8 Å². The second-order valence-electron chi connectivity index (χ2n) is 5.68. The molecule has 0 aromatic carbocycles. The third-order valence-electron chi connectivity index (χ3n) is 3.47. The maximum absolute atomic E-state index is 8.86. The van der Waals surface area contributed by atoms with E-state index in [1.54, 1.807) is 0 Å². The third-order valence-corrected chi connectivity index (χ3v) is 3.47. The summed E-state index contributed by atoms with van der Waals surface area (Å²) in [5, 5.41) is 8.86. The molecule has 1 aliphatic carbocycles. The van der Waals surface area contributed by atoms with Crippen LogP contribution in [-0.2, 0) is 4.74 Å². The van der Waals surface area contributed by atoms with Gasteiger partial charge in [-0.2, -0.15) is 5.26 Å². The van der Waals surface area contributed by atoms with Crippen LogP contribution >= 0.6 is 0 Å². The summed E-state index contributed by atoms with van der Waals surface area (Å²) in [5.41, 5.74) is -0.161. The van der Waals surface area contributed by atoms with E-state index >= 15 is 0 Å². The highest BCUT2D eigenvalue weighted by atomic mass is 16.5. The van der Waals surface area contributed by atoms with Gasteiger partial charge in [-0.1, -0.05) is 12.8 Å². The fourth-order valence-corrected chi connectivity index (χ4v) is 2.25. The van der Waals surface area contributed by atoms with Crippen molar-refractivity contribution >= 4 is 0 Å². The molecule has 0 saturated heterocycles. The fourth-order valence-electron chi connectivity index (χ4n) is 2.25. The molecular formula is C14H25NO. The van der Waals surface area contributed by atoms with E-state index in [2.05, 4.69) is 6.07 Å². The Morgan fingerprint density at radius 2 is 1.94 bits per heavy atom. The number of unbranched alkanes of at least 4 members (excludes halogenated alkanes) is 1. The zero-order valence-electron chi connectivity index (χ0n) is 10.8. The smallest absolute Gasteiger partial charge is 0.0683 e. The number of ether oxygens (including phenoxy) is 1. The Hall–Kier alpha value is -0.550. The maximum atomic E-state index is 8.86. The summed E-state index contributed by atoms with van der Waals surface area (Å²) >= 11 is 0. The van der Waals surface area contributed by atoms with Gasteiger partial charge in [0, 0.05) is 13.2 Å². The number of nitriles is 1. The summed E-state index contributed by atoms with van der Waals surface area (Å²) in [6, 6.07) is 2.34. The zero-order valence-corrected chi connectivity index (χ0v) is 10.8. The van der Waals surface area contributed by atoms with Gasteiger partial charge < -0.3 is 4.74 Å². The minimum absolute atomic E-state index is 0.161. The summed E-state index contributed by atoms with van der Waals surface area (Å²) in [6.45, 7) is 5.85. The minimum Gasteiger partial charge on any atom is -0.381 e. The number of hydrogen-bond acceptors (Lipinski definition) is 2. The Morgan fingerprint density at radius 1 is 1.25 bits per heavy atom. The summed E-state index contributed by atoms with van der Waals surface area (Å²) in [6.07, 6.45) is 8.69.